The molecule has 0 saturated heterocycles. The number of benzene rings is 1. The second-order valence-electron chi connectivity index (χ2n) is 7.33. The Hall–Kier alpha value is -3.70. The van der Waals surface area contributed by atoms with Crippen LogP contribution >= 0.6 is 11.3 Å². The SMILES string of the molecule is CCOC(=O)c1c(NC(=O)COCc2cc(-c3ccc4c(c3)OCO4)on2)sc(C(C)=O)c1C. The summed E-state index contributed by atoms with van der Waals surface area (Å²) in [4.78, 5) is 37.0. The van der Waals surface area contributed by atoms with Crippen LogP contribution in [0.3, 0.4) is 0 Å². The number of fused-ring (bicyclic) bond motifs is 1. The molecule has 4 rings (SSSR count). The Labute approximate surface area is 198 Å². The minimum absolute atomic E-state index is 0.0361. The van der Waals surface area contributed by atoms with Crippen LogP contribution in [0.2, 0.25) is 0 Å². The summed E-state index contributed by atoms with van der Waals surface area (Å²) in [6.07, 6.45) is 0. The molecule has 1 aliphatic rings. The first-order valence-electron chi connectivity index (χ1n) is 10.4. The van der Waals surface area contributed by atoms with E-state index in [9.17, 15) is 14.4 Å². The Morgan fingerprint density at radius 3 is 2.74 bits per heavy atom. The van der Waals surface area contributed by atoms with E-state index in [4.69, 9.17) is 23.5 Å². The highest BCUT2D eigenvalue weighted by Crippen LogP contribution is 2.36. The number of esters is 1. The van der Waals surface area contributed by atoms with E-state index in [0.717, 1.165) is 16.9 Å². The van der Waals surface area contributed by atoms with Crippen molar-refractivity contribution in [1.82, 2.24) is 5.16 Å². The highest BCUT2D eigenvalue weighted by molar-refractivity contribution is 7.18. The lowest BCUT2D eigenvalue weighted by Crippen LogP contribution is -2.19. The van der Waals surface area contributed by atoms with Crippen molar-refractivity contribution in [2.24, 2.45) is 0 Å². The van der Waals surface area contributed by atoms with E-state index in [1.807, 2.05) is 6.07 Å². The molecule has 3 aromatic rings. The van der Waals surface area contributed by atoms with Crippen LogP contribution in [-0.4, -0.2) is 42.8 Å². The first-order valence-corrected chi connectivity index (χ1v) is 11.2. The van der Waals surface area contributed by atoms with Gasteiger partial charge in [-0.1, -0.05) is 5.16 Å². The number of hydrogen-bond donors (Lipinski definition) is 1. The molecule has 0 radical (unpaired) electrons. The Morgan fingerprint density at radius 1 is 1.18 bits per heavy atom. The first kappa shape index (κ1) is 23.5. The van der Waals surface area contributed by atoms with Gasteiger partial charge in [-0.05, 0) is 44.5 Å². The molecule has 1 aromatic carbocycles. The van der Waals surface area contributed by atoms with Crippen LogP contribution in [0, 0.1) is 6.92 Å². The van der Waals surface area contributed by atoms with E-state index < -0.39 is 11.9 Å². The molecule has 0 bridgehead atoms. The van der Waals surface area contributed by atoms with Crippen molar-refractivity contribution in [3.8, 4) is 22.8 Å². The molecule has 1 amide bonds. The van der Waals surface area contributed by atoms with Gasteiger partial charge in [0.05, 0.1) is 23.7 Å². The maximum atomic E-state index is 12.4. The average Bonchev–Trinajstić information content (AvgIpc) is 3.52. The standard InChI is InChI=1S/C23H22N2O8S/c1-4-30-23(28)20-12(2)21(13(3)26)34-22(20)24-19(27)10-29-9-15-8-17(33-25-15)14-5-6-16-18(7-14)32-11-31-16/h5-8H,4,9-11H2,1-3H3,(H,24,27). The zero-order valence-corrected chi connectivity index (χ0v) is 19.6. The van der Waals surface area contributed by atoms with Crippen molar-refractivity contribution >= 4 is 34.0 Å². The van der Waals surface area contributed by atoms with Crippen molar-refractivity contribution in [2.75, 3.05) is 25.3 Å². The van der Waals surface area contributed by atoms with Crippen molar-refractivity contribution < 1.29 is 37.9 Å². The van der Waals surface area contributed by atoms with Gasteiger partial charge in [0.1, 0.15) is 17.3 Å². The number of nitrogens with zero attached hydrogens (tertiary/aromatic N) is 1. The number of thiophene rings is 1. The summed E-state index contributed by atoms with van der Waals surface area (Å²) in [5.74, 6) is 0.531. The fourth-order valence-electron chi connectivity index (χ4n) is 3.36. The molecule has 11 heteroatoms. The molecule has 1 aliphatic heterocycles. The summed E-state index contributed by atoms with van der Waals surface area (Å²) in [5.41, 5.74) is 1.92. The van der Waals surface area contributed by atoms with E-state index in [-0.39, 0.29) is 43.0 Å². The average molecular weight is 487 g/mol. The topological polar surface area (TPSA) is 126 Å². The fourth-order valence-corrected chi connectivity index (χ4v) is 4.47. The number of Topliss-reactive ketones (excluding diaryl/α,β-unsaturated/α-hetero) is 1. The van der Waals surface area contributed by atoms with Gasteiger partial charge >= 0.3 is 5.97 Å². The molecular formula is C23H22N2O8S. The number of carbonyl (C=O) groups is 3. The molecule has 178 valence electrons. The number of ether oxygens (including phenoxy) is 4. The van der Waals surface area contributed by atoms with Gasteiger partial charge in [0.15, 0.2) is 23.0 Å². The van der Waals surface area contributed by atoms with Gasteiger partial charge in [0, 0.05) is 11.6 Å². The van der Waals surface area contributed by atoms with Gasteiger partial charge in [-0.3, -0.25) is 9.59 Å². The molecule has 0 unspecified atom stereocenters. The van der Waals surface area contributed by atoms with E-state index >= 15 is 0 Å². The number of hydrogen-bond acceptors (Lipinski definition) is 10. The number of aromatic nitrogens is 1. The number of ketones is 1. The van der Waals surface area contributed by atoms with Gasteiger partial charge < -0.3 is 28.8 Å². The molecule has 0 spiro atoms. The zero-order chi connectivity index (χ0) is 24.2. The Balaban J connectivity index is 1.36. The summed E-state index contributed by atoms with van der Waals surface area (Å²) in [7, 11) is 0. The van der Waals surface area contributed by atoms with Gasteiger partial charge in [-0.15, -0.1) is 11.3 Å². The maximum absolute atomic E-state index is 12.4. The second kappa shape index (κ2) is 10.1. The molecule has 10 nitrogen and oxygen atoms in total. The quantitative estimate of drug-likeness (QED) is 0.353. The number of rotatable bonds is 9. The molecule has 1 N–H and O–H groups in total. The van der Waals surface area contributed by atoms with Crippen molar-refractivity contribution in [3.63, 3.8) is 0 Å². The van der Waals surface area contributed by atoms with E-state index in [2.05, 4.69) is 10.5 Å². The summed E-state index contributed by atoms with van der Waals surface area (Å²) in [6, 6.07) is 7.11. The minimum atomic E-state index is -0.599. The Kier molecular flexibility index (Phi) is 6.94. The smallest absolute Gasteiger partial charge is 0.341 e. The van der Waals surface area contributed by atoms with Crippen molar-refractivity contribution in [1.29, 1.82) is 0 Å². The van der Waals surface area contributed by atoms with Crippen LogP contribution in [0.5, 0.6) is 11.5 Å². The number of anilines is 1. The van der Waals surface area contributed by atoms with Gasteiger partial charge in [-0.25, -0.2) is 4.79 Å². The third-order valence-corrected chi connectivity index (χ3v) is 6.21. The monoisotopic (exact) mass is 486 g/mol. The van der Waals surface area contributed by atoms with Crippen molar-refractivity contribution in [2.45, 2.75) is 27.4 Å². The molecule has 0 aliphatic carbocycles. The van der Waals surface area contributed by atoms with Crippen molar-refractivity contribution in [3.05, 3.63) is 46.0 Å². The van der Waals surface area contributed by atoms with Crippen LogP contribution in [0.25, 0.3) is 11.3 Å². The predicted molar refractivity (Wildman–Crippen MR) is 121 cm³/mol. The number of nitrogens with one attached hydrogen (secondary N) is 1. The van der Waals surface area contributed by atoms with E-state index in [1.165, 1.54) is 6.92 Å². The fraction of sp³-hybridized carbons (Fsp3) is 0.304. The summed E-state index contributed by atoms with van der Waals surface area (Å²) < 4.78 is 26.5. The third-order valence-electron chi connectivity index (χ3n) is 4.90. The second-order valence-corrected chi connectivity index (χ2v) is 8.35. The lowest BCUT2D eigenvalue weighted by molar-refractivity contribution is -0.121. The Morgan fingerprint density at radius 2 is 1.97 bits per heavy atom. The van der Waals surface area contributed by atoms with Gasteiger partial charge in [-0.2, -0.15) is 0 Å². The summed E-state index contributed by atoms with van der Waals surface area (Å²) >= 11 is 1.03. The van der Waals surface area contributed by atoms with Gasteiger partial charge in [0.2, 0.25) is 6.79 Å². The molecule has 0 fully saturated rings. The number of amides is 1. The molecular weight excluding hydrogens is 464 g/mol. The van der Waals surface area contributed by atoms with Crippen LogP contribution in [0.1, 0.15) is 45.1 Å². The normalized spacial score (nSPS) is 12.0. The maximum Gasteiger partial charge on any atom is 0.341 e. The lowest BCUT2D eigenvalue weighted by atomic mass is 10.1. The molecule has 3 heterocycles. The predicted octanol–water partition coefficient (Wildman–Crippen LogP) is 3.97. The first-order chi connectivity index (χ1) is 16.4. The zero-order valence-electron chi connectivity index (χ0n) is 18.8. The molecule has 0 saturated carbocycles. The third kappa shape index (κ3) is 4.95. The Bertz CT molecular complexity index is 1250. The van der Waals surface area contributed by atoms with Crippen LogP contribution in [-0.2, 0) is 20.9 Å². The summed E-state index contributed by atoms with van der Waals surface area (Å²) in [6.45, 7) is 4.82. The van der Waals surface area contributed by atoms with E-state index in [1.54, 1.807) is 32.0 Å². The van der Waals surface area contributed by atoms with Crippen LogP contribution in [0.4, 0.5) is 5.00 Å². The number of carbonyl (C=O) groups excluding carboxylic acids is 3. The van der Waals surface area contributed by atoms with E-state index in [0.29, 0.717) is 33.4 Å². The molecule has 2 aromatic heterocycles. The molecule has 34 heavy (non-hydrogen) atoms. The minimum Gasteiger partial charge on any atom is -0.462 e. The lowest BCUT2D eigenvalue weighted by Gasteiger charge is -2.07. The van der Waals surface area contributed by atoms with Crippen LogP contribution in [0.15, 0.2) is 28.8 Å². The summed E-state index contributed by atoms with van der Waals surface area (Å²) in [5, 5.41) is 6.85. The highest BCUT2D eigenvalue weighted by atomic mass is 32.1. The molecule has 0 atom stereocenters. The highest BCUT2D eigenvalue weighted by Gasteiger charge is 2.25. The largest absolute Gasteiger partial charge is 0.462 e. The van der Waals surface area contributed by atoms with Gasteiger partial charge in [0.25, 0.3) is 5.91 Å². The van der Waals surface area contributed by atoms with Crippen LogP contribution < -0.4 is 14.8 Å².